The molecule has 3 fully saturated rings. The minimum atomic E-state index is -3.65. The van der Waals surface area contributed by atoms with Crippen molar-refractivity contribution in [2.75, 3.05) is 32.7 Å². The average molecular weight is 490 g/mol. The lowest BCUT2D eigenvalue weighted by Crippen LogP contribution is -2.52. The Morgan fingerprint density at radius 1 is 0.941 bits per heavy atom. The molecule has 1 amide bonds. The van der Waals surface area contributed by atoms with Gasteiger partial charge in [0, 0.05) is 56.3 Å². The largest absolute Gasteiger partial charge is 0.340 e. The van der Waals surface area contributed by atoms with Gasteiger partial charge in [0.25, 0.3) is 0 Å². The minimum Gasteiger partial charge on any atom is -0.340 e. The van der Waals surface area contributed by atoms with E-state index in [9.17, 15) is 18.0 Å². The number of hydrogen-bond donors (Lipinski definition) is 0. The molecule has 0 unspecified atom stereocenters. The Labute approximate surface area is 204 Å². The average Bonchev–Trinajstić information content (AvgIpc) is 3.66. The highest BCUT2D eigenvalue weighted by Crippen LogP contribution is 2.37. The molecular weight excluding hydrogens is 450 g/mol. The SMILES string of the molecule is CC(=O)c1ccc(S(=O)(=O)N(CC2CC2)[C@H]2CC[C@H](C(=O)N3CCN(C(C)C)CC3)CC2)cc1. The van der Waals surface area contributed by atoms with E-state index < -0.39 is 10.0 Å². The van der Waals surface area contributed by atoms with Crippen LogP contribution in [-0.2, 0) is 14.8 Å². The highest BCUT2D eigenvalue weighted by molar-refractivity contribution is 7.89. The molecule has 2 saturated carbocycles. The Morgan fingerprint density at radius 3 is 2.03 bits per heavy atom. The zero-order chi connectivity index (χ0) is 24.5. The van der Waals surface area contributed by atoms with Crippen LogP contribution in [0, 0.1) is 11.8 Å². The number of Topliss-reactive ketones (excluding diaryl/α,β-unsaturated/α-hetero) is 1. The molecule has 1 heterocycles. The van der Waals surface area contributed by atoms with Gasteiger partial charge in [0.15, 0.2) is 5.78 Å². The molecule has 188 valence electrons. The first-order chi connectivity index (χ1) is 16.2. The predicted octanol–water partition coefficient (Wildman–Crippen LogP) is 3.40. The second-order valence-corrected chi connectivity index (χ2v) is 12.4. The van der Waals surface area contributed by atoms with Crippen molar-refractivity contribution in [3.63, 3.8) is 0 Å². The number of sulfonamides is 1. The maximum Gasteiger partial charge on any atom is 0.243 e. The van der Waals surface area contributed by atoms with Gasteiger partial charge in [0.05, 0.1) is 4.90 Å². The maximum atomic E-state index is 13.6. The molecule has 7 nitrogen and oxygen atoms in total. The number of hydrogen-bond acceptors (Lipinski definition) is 5. The van der Waals surface area contributed by atoms with Gasteiger partial charge in [-0.2, -0.15) is 4.31 Å². The number of carbonyl (C=O) groups excluding carboxylic acids is 2. The summed E-state index contributed by atoms with van der Waals surface area (Å²) in [5.41, 5.74) is 0.515. The zero-order valence-corrected chi connectivity index (χ0v) is 21.6. The number of piperazine rings is 1. The molecule has 4 rings (SSSR count). The van der Waals surface area contributed by atoms with Crippen LogP contribution in [0.2, 0.25) is 0 Å². The van der Waals surface area contributed by atoms with Crippen molar-refractivity contribution in [3.05, 3.63) is 29.8 Å². The topological polar surface area (TPSA) is 78.0 Å². The molecule has 1 aromatic rings. The van der Waals surface area contributed by atoms with Crippen molar-refractivity contribution in [2.24, 2.45) is 11.8 Å². The van der Waals surface area contributed by atoms with Gasteiger partial charge in [0.2, 0.25) is 15.9 Å². The number of amides is 1. The van der Waals surface area contributed by atoms with Gasteiger partial charge in [-0.05, 0) is 77.3 Å². The molecule has 0 radical (unpaired) electrons. The first-order valence-corrected chi connectivity index (χ1v) is 14.3. The van der Waals surface area contributed by atoms with E-state index in [4.69, 9.17) is 0 Å². The molecule has 34 heavy (non-hydrogen) atoms. The molecule has 8 heteroatoms. The lowest BCUT2D eigenvalue weighted by molar-refractivity contribution is -0.138. The second-order valence-electron chi connectivity index (χ2n) is 10.6. The third-order valence-electron chi connectivity index (χ3n) is 7.81. The second kappa shape index (κ2) is 10.5. The van der Waals surface area contributed by atoms with Gasteiger partial charge in [-0.15, -0.1) is 0 Å². The Bertz CT molecular complexity index is 972. The molecule has 0 bridgehead atoms. The Balaban J connectivity index is 1.40. The van der Waals surface area contributed by atoms with Crippen molar-refractivity contribution < 1.29 is 18.0 Å². The third kappa shape index (κ3) is 5.71. The van der Waals surface area contributed by atoms with Crippen LogP contribution in [0.5, 0.6) is 0 Å². The molecule has 3 aliphatic rings. The molecule has 1 aliphatic heterocycles. The summed E-state index contributed by atoms with van der Waals surface area (Å²) in [5, 5.41) is 0. The van der Waals surface area contributed by atoms with Gasteiger partial charge in [-0.25, -0.2) is 8.42 Å². The number of benzene rings is 1. The van der Waals surface area contributed by atoms with Crippen LogP contribution in [-0.4, -0.2) is 79.0 Å². The summed E-state index contributed by atoms with van der Waals surface area (Å²) in [6, 6.07) is 6.74. The van der Waals surface area contributed by atoms with Crippen molar-refractivity contribution >= 4 is 21.7 Å². The van der Waals surface area contributed by atoms with Crippen LogP contribution in [0.15, 0.2) is 29.2 Å². The Kier molecular flexibility index (Phi) is 7.79. The van der Waals surface area contributed by atoms with Crippen LogP contribution < -0.4 is 0 Å². The van der Waals surface area contributed by atoms with Crippen LogP contribution in [0.1, 0.15) is 69.7 Å². The van der Waals surface area contributed by atoms with Crippen molar-refractivity contribution in [3.8, 4) is 0 Å². The van der Waals surface area contributed by atoms with Gasteiger partial charge in [-0.1, -0.05) is 12.1 Å². The van der Waals surface area contributed by atoms with E-state index in [0.717, 1.165) is 64.7 Å². The fourth-order valence-corrected chi connectivity index (χ4v) is 7.08. The molecule has 0 N–H and O–H groups in total. The maximum absolute atomic E-state index is 13.6. The third-order valence-corrected chi connectivity index (χ3v) is 9.74. The molecule has 1 saturated heterocycles. The van der Waals surface area contributed by atoms with E-state index in [1.807, 2.05) is 4.90 Å². The number of nitrogens with zero attached hydrogens (tertiary/aromatic N) is 3. The quantitative estimate of drug-likeness (QED) is 0.523. The highest BCUT2D eigenvalue weighted by Gasteiger charge is 2.40. The van der Waals surface area contributed by atoms with Crippen LogP contribution >= 0.6 is 0 Å². The number of rotatable bonds is 8. The van der Waals surface area contributed by atoms with Gasteiger partial charge in [-0.3, -0.25) is 14.5 Å². The normalized spacial score (nSPS) is 24.6. The van der Waals surface area contributed by atoms with Crippen LogP contribution in [0.25, 0.3) is 0 Å². The van der Waals surface area contributed by atoms with Gasteiger partial charge < -0.3 is 4.90 Å². The monoisotopic (exact) mass is 489 g/mol. The lowest BCUT2D eigenvalue weighted by atomic mass is 9.85. The van der Waals surface area contributed by atoms with Crippen LogP contribution in [0.4, 0.5) is 0 Å². The summed E-state index contributed by atoms with van der Waals surface area (Å²) in [6.45, 7) is 9.84. The van der Waals surface area contributed by atoms with E-state index in [2.05, 4.69) is 18.7 Å². The molecule has 0 atom stereocenters. The van der Waals surface area contributed by atoms with E-state index in [-0.39, 0.29) is 28.5 Å². The summed E-state index contributed by atoms with van der Waals surface area (Å²) in [7, 11) is -3.65. The summed E-state index contributed by atoms with van der Waals surface area (Å²) in [4.78, 5) is 29.4. The minimum absolute atomic E-state index is 0.00202. The summed E-state index contributed by atoms with van der Waals surface area (Å²) in [6.07, 6.45) is 5.08. The number of carbonyl (C=O) groups is 2. The van der Waals surface area contributed by atoms with E-state index in [1.54, 1.807) is 28.6 Å². The van der Waals surface area contributed by atoms with E-state index in [1.165, 1.54) is 6.92 Å². The predicted molar refractivity (Wildman–Crippen MR) is 132 cm³/mol. The zero-order valence-electron chi connectivity index (χ0n) is 20.8. The van der Waals surface area contributed by atoms with Gasteiger partial charge >= 0.3 is 0 Å². The highest BCUT2D eigenvalue weighted by atomic mass is 32.2. The fraction of sp³-hybridized carbons (Fsp3) is 0.692. The first-order valence-electron chi connectivity index (χ1n) is 12.8. The standard InChI is InChI=1S/C26H39N3O4S/c1-19(2)27-14-16-28(17-15-27)26(31)23-6-10-24(11-7-23)29(18-21-4-5-21)34(32,33)25-12-8-22(9-13-25)20(3)30/h8-9,12-13,19,21,23-24H,4-7,10-11,14-18H2,1-3H3/t23-,24-. The van der Waals surface area contributed by atoms with E-state index in [0.29, 0.717) is 24.1 Å². The van der Waals surface area contributed by atoms with Crippen molar-refractivity contribution in [1.82, 2.24) is 14.1 Å². The number of ketones is 1. The first kappa shape index (κ1) is 25.3. The summed E-state index contributed by atoms with van der Waals surface area (Å²) >= 11 is 0. The summed E-state index contributed by atoms with van der Waals surface area (Å²) < 4.78 is 28.9. The molecule has 0 aromatic heterocycles. The Morgan fingerprint density at radius 2 is 1.53 bits per heavy atom. The van der Waals surface area contributed by atoms with Gasteiger partial charge in [0.1, 0.15) is 0 Å². The van der Waals surface area contributed by atoms with Crippen molar-refractivity contribution in [2.45, 2.75) is 76.3 Å². The summed E-state index contributed by atoms with van der Waals surface area (Å²) in [5.74, 6) is 0.607. The van der Waals surface area contributed by atoms with E-state index >= 15 is 0 Å². The van der Waals surface area contributed by atoms with Crippen molar-refractivity contribution in [1.29, 1.82) is 0 Å². The van der Waals surface area contributed by atoms with Crippen LogP contribution in [0.3, 0.4) is 0 Å². The smallest absolute Gasteiger partial charge is 0.243 e. The molecule has 0 spiro atoms. The lowest BCUT2D eigenvalue weighted by Gasteiger charge is -2.40. The molecule has 2 aliphatic carbocycles. The Hall–Kier alpha value is -1.77. The molecular formula is C26H39N3O4S. The fourth-order valence-electron chi connectivity index (χ4n) is 5.32. The molecule has 1 aromatic carbocycles.